The Bertz CT molecular complexity index is 807. The van der Waals surface area contributed by atoms with Crippen molar-refractivity contribution >= 4 is 29.3 Å². The Labute approximate surface area is 151 Å². The van der Waals surface area contributed by atoms with Crippen LogP contribution in [-0.4, -0.2) is 39.1 Å². The fourth-order valence-corrected chi connectivity index (χ4v) is 3.75. The number of fused-ring (bicyclic) bond motifs is 2. The Kier molecular flexibility index (Phi) is 5.40. The fourth-order valence-electron chi connectivity index (χ4n) is 2.67. The highest BCUT2D eigenvalue weighted by Gasteiger charge is 2.25. The van der Waals surface area contributed by atoms with Crippen molar-refractivity contribution in [2.45, 2.75) is 16.2 Å². The minimum Gasteiger partial charge on any atom is -0.385 e. The van der Waals surface area contributed by atoms with E-state index in [-0.39, 0.29) is 11.8 Å². The van der Waals surface area contributed by atoms with Gasteiger partial charge < -0.3 is 15.0 Å². The third-order valence-corrected chi connectivity index (χ3v) is 5.18. The molecule has 1 heterocycles. The van der Waals surface area contributed by atoms with Crippen molar-refractivity contribution in [2.75, 3.05) is 32.2 Å². The van der Waals surface area contributed by atoms with Crippen LogP contribution in [0.15, 0.2) is 52.3 Å². The van der Waals surface area contributed by atoms with Gasteiger partial charge in [-0.3, -0.25) is 9.59 Å². The van der Waals surface area contributed by atoms with E-state index in [9.17, 15) is 9.59 Å². The normalized spacial score (nSPS) is 13.0. The van der Waals surface area contributed by atoms with Crippen LogP contribution in [-0.2, 0) is 4.74 Å². The zero-order chi connectivity index (χ0) is 17.8. The number of carbonyl (C=O) groups excluding carboxylic acids is 2. The number of amides is 2. The molecule has 0 saturated carbocycles. The molecule has 6 heteroatoms. The number of rotatable bonds is 5. The summed E-state index contributed by atoms with van der Waals surface area (Å²) in [5.41, 5.74) is 1.97. The molecule has 2 aromatic rings. The van der Waals surface area contributed by atoms with Gasteiger partial charge in [0.2, 0.25) is 0 Å². The Balaban J connectivity index is 1.85. The topological polar surface area (TPSA) is 58.6 Å². The average molecular weight is 356 g/mol. The monoisotopic (exact) mass is 356 g/mol. The van der Waals surface area contributed by atoms with Crippen molar-refractivity contribution in [3.05, 3.63) is 53.6 Å². The number of nitrogens with zero attached hydrogens (tertiary/aromatic N) is 1. The Hall–Kier alpha value is -2.31. The second-order valence-corrected chi connectivity index (χ2v) is 6.83. The van der Waals surface area contributed by atoms with Crippen molar-refractivity contribution in [3.8, 4) is 0 Å². The average Bonchev–Trinajstić information content (AvgIpc) is 2.74. The highest BCUT2D eigenvalue weighted by atomic mass is 32.2. The van der Waals surface area contributed by atoms with Gasteiger partial charge in [-0.1, -0.05) is 23.9 Å². The molecule has 1 N–H and O–H groups in total. The van der Waals surface area contributed by atoms with E-state index in [1.165, 1.54) is 0 Å². The smallest absolute Gasteiger partial charge is 0.259 e. The number of methoxy groups -OCH3 is 1. The lowest BCUT2D eigenvalue weighted by atomic mass is 10.1. The van der Waals surface area contributed by atoms with Crippen LogP contribution in [0.1, 0.15) is 27.1 Å². The lowest BCUT2D eigenvalue weighted by Gasteiger charge is -2.18. The van der Waals surface area contributed by atoms with E-state index >= 15 is 0 Å². The summed E-state index contributed by atoms with van der Waals surface area (Å²) in [5.74, 6) is -0.217. The van der Waals surface area contributed by atoms with E-state index in [2.05, 4.69) is 5.32 Å². The van der Waals surface area contributed by atoms with Crippen LogP contribution in [0.3, 0.4) is 0 Å². The molecule has 0 aliphatic carbocycles. The van der Waals surface area contributed by atoms with Gasteiger partial charge in [0.15, 0.2) is 0 Å². The SMILES string of the molecule is COCCCNC(=O)c1ccc2c(c1)N(C)C(=O)c1ccccc1S2. The largest absolute Gasteiger partial charge is 0.385 e. The summed E-state index contributed by atoms with van der Waals surface area (Å²) in [7, 11) is 3.38. The van der Waals surface area contributed by atoms with Crippen LogP contribution in [0.2, 0.25) is 0 Å². The van der Waals surface area contributed by atoms with Crippen LogP contribution in [0.4, 0.5) is 5.69 Å². The third kappa shape index (κ3) is 3.70. The van der Waals surface area contributed by atoms with Gasteiger partial charge in [0, 0.05) is 42.7 Å². The predicted molar refractivity (Wildman–Crippen MR) is 98.6 cm³/mol. The highest BCUT2D eigenvalue weighted by Crippen LogP contribution is 2.41. The highest BCUT2D eigenvalue weighted by molar-refractivity contribution is 7.99. The van der Waals surface area contributed by atoms with Crippen molar-refractivity contribution in [3.63, 3.8) is 0 Å². The molecule has 1 aliphatic rings. The molecule has 3 rings (SSSR count). The van der Waals surface area contributed by atoms with Crippen molar-refractivity contribution < 1.29 is 14.3 Å². The van der Waals surface area contributed by atoms with Gasteiger partial charge in [-0.2, -0.15) is 0 Å². The summed E-state index contributed by atoms with van der Waals surface area (Å²) in [4.78, 5) is 28.5. The van der Waals surface area contributed by atoms with Gasteiger partial charge in [-0.25, -0.2) is 0 Å². The predicted octanol–water partition coefficient (Wildman–Crippen LogP) is 3.19. The number of carbonyl (C=O) groups is 2. The van der Waals surface area contributed by atoms with Crippen LogP contribution in [0, 0.1) is 0 Å². The van der Waals surface area contributed by atoms with Gasteiger partial charge in [0.05, 0.1) is 11.3 Å². The Morgan fingerprint density at radius 3 is 2.80 bits per heavy atom. The molecule has 5 nitrogen and oxygen atoms in total. The quantitative estimate of drug-likeness (QED) is 0.836. The van der Waals surface area contributed by atoms with Crippen LogP contribution >= 0.6 is 11.8 Å². The molecule has 130 valence electrons. The molecule has 2 amide bonds. The lowest BCUT2D eigenvalue weighted by Crippen LogP contribution is -2.28. The molecule has 0 fully saturated rings. The van der Waals surface area contributed by atoms with E-state index in [1.807, 2.05) is 30.3 Å². The number of anilines is 1. The van der Waals surface area contributed by atoms with Gasteiger partial charge in [-0.15, -0.1) is 0 Å². The molecule has 25 heavy (non-hydrogen) atoms. The molecule has 0 bridgehead atoms. The molecular weight excluding hydrogens is 336 g/mol. The van der Waals surface area contributed by atoms with Gasteiger partial charge in [0.1, 0.15) is 0 Å². The Morgan fingerprint density at radius 1 is 1.20 bits per heavy atom. The summed E-state index contributed by atoms with van der Waals surface area (Å²) in [6.07, 6.45) is 0.761. The zero-order valence-electron chi connectivity index (χ0n) is 14.2. The van der Waals surface area contributed by atoms with E-state index in [1.54, 1.807) is 43.0 Å². The molecule has 0 radical (unpaired) electrons. The number of ether oxygens (including phenoxy) is 1. The summed E-state index contributed by atoms with van der Waals surface area (Å²) in [6.45, 7) is 1.16. The summed E-state index contributed by atoms with van der Waals surface area (Å²) in [5, 5.41) is 2.87. The maximum Gasteiger partial charge on any atom is 0.259 e. The van der Waals surface area contributed by atoms with Crippen LogP contribution in [0.25, 0.3) is 0 Å². The number of hydrogen-bond acceptors (Lipinski definition) is 4. The maximum absolute atomic E-state index is 12.7. The molecule has 0 saturated heterocycles. The lowest BCUT2D eigenvalue weighted by molar-refractivity contribution is 0.0946. The minimum absolute atomic E-state index is 0.0699. The van der Waals surface area contributed by atoms with E-state index in [4.69, 9.17) is 4.74 Å². The first-order valence-electron chi connectivity index (χ1n) is 8.08. The van der Waals surface area contributed by atoms with Gasteiger partial charge in [-0.05, 0) is 36.8 Å². The third-order valence-electron chi connectivity index (χ3n) is 4.04. The minimum atomic E-state index is -0.147. The molecule has 2 aromatic carbocycles. The molecule has 0 unspecified atom stereocenters. The first-order chi connectivity index (χ1) is 12.1. The molecule has 0 atom stereocenters. The first-order valence-corrected chi connectivity index (χ1v) is 8.89. The molecular formula is C19H20N2O3S. The number of benzene rings is 2. The van der Waals surface area contributed by atoms with E-state index < -0.39 is 0 Å². The second kappa shape index (κ2) is 7.72. The zero-order valence-corrected chi connectivity index (χ0v) is 15.1. The summed E-state index contributed by atoms with van der Waals surface area (Å²) < 4.78 is 4.98. The standard InChI is InChI=1S/C19H20N2O3S/c1-21-15-12-13(18(22)20-10-5-11-24-2)8-9-17(15)25-16-7-4-3-6-14(16)19(21)23/h3-4,6-9,12H,5,10-11H2,1-2H3,(H,20,22). The number of hydrogen-bond donors (Lipinski definition) is 1. The van der Waals surface area contributed by atoms with Crippen LogP contribution in [0.5, 0.6) is 0 Å². The van der Waals surface area contributed by atoms with E-state index in [0.717, 1.165) is 21.9 Å². The first kappa shape index (κ1) is 17.5. The maximum atomic E-state index is 12.7. The summed E-state index contributed by atoms with van der Waals surface area (Å²) >= 11 is 1.54. The van der Waals surface area contributed by atoms with Gasteiger partial charge in [0.25, 0.3) is 11.8 Å². The van der Waals surface area contributed by atoms with Crippen LogP contribution < -0.4 is 10.2 Å². The summed E-state index contributed by atoms with van der Waals surface area (Å²) in [6, 6.07) is 13.0. The second-order valence-electron chi connectivity index (χ2n) is 5.75. The van der Waals surface area contributed by atoms with Crippen molar-refractivity contribution in [1.82, 2.24) is 5.32 Å². The molecule has 0 aromatic heterocycles. The molecule has 0 spiro atoms. The van der Waals surface area contributed by atoms with E-state index in [0.29, 0.717) is 24.3 Å². The Morgan fingerprint density at radius 2 is 2.00 bits per heavy atom. The molecule has 1 aliphatic heterocycles. The fraction of sp³-hybridized carbons (Fsp3) is 0.263. The number of nitrogens with one attached hydrogen (secondary N) is 1. The van der Waals surface area contributed by atoms with Gasteiger partial charge >= 0.3 is 0 Å². The van der Waals surface area contributed by atoms with Crippen molar-refractivity contribution in [1.29, 1.82) is 0 Å². The van der Waals surface area contributed by atoms with Crippen molar-refractivity contribution in [2.24, 2.45) is 0 Å².